The molecular formula is C12H14N2O3S. The topological polar surface area (TPSA) is 79.3 Å². The molecule has 1 unspecified atom stereocenters. The van der Waals surface area contributed by atoms with Gasteiger partial charge in [-0.15, -0.1) is 18.3 Å². The van der Waals surface area contributed by atoms with Crippen molar-refractivity contribution in [3.63, 3.8) is 0 Å². The predicted molar refractivity (Wildman–Crippen MR) is 69.3 cm³/mol. The van der Waals surface area contributed by atoms with Gasteiger partial charge in [0.25, 0.3) is 0 Å². The molecule has 0 bridgehead atoms. The van der Waals surface area contributed by atoms with Crippen LogP contribution in [0.4, 0.5) is 0 Å². The van der Waals surface area contributed by atoms with Crippen LogP contribution in [-0.2, 0) is 9.59 Å². The second kappa shape index (κ2) is 7.50. The Balaban J connectivity index is 2.41. The lowest BCUT2D eigenvalue weighted by atomic mass is 10.2. The highest BCUT2D eigenvalue weighted by Crippen LogP contribution is 2.15. The van der Waals surface area contributed by atoms with E-state index in [1.54, 1.807) is 24.5 Å². The zero-order chi connectivity index (χ0) is 13.4. The van der Waals surface area contributed by atoms with E-state index in [1.165, 1.54) is 17.8 Å². The van der Waals surface area contributed by atoms with Crippen LogP contribution in [0.5, 0.6) is 0 Å². The average molecular weight is 266 g/mol. The number of rotatable bonds is 7. The van der Waals surface area contributed by atoms with E-state index in [0.717, 1.165) is 4.90 Å². The van der Waals surface area contributed by atoms with E-state index >= 15 is 0 Å². The van der Waals surface area contributed by atoms with E-state index in [9.17, 15) is 9.59 Å². The molecule has 96 valence electrons. The smallest absolute Gasteiger partial charge is 0.326 e. The Labute approximate surface area is 109 Å². The average Bonchev–Trinajstić information content (AvgIpc) is 2.37. The summed E-state index contributed by atoms with van der Waals surface area (Å²) in [6.45, 7) is 3.46. The van der Waals surface area contributed by atoms with Gasteiger partial charge in [0, 0.05) is 17.3 Å². The number of carboxylic acid groups (broad SMARTS) is 1. The number of carboxylic acids is 1. The van der Waals surface area contributed by atoms with Crippen LogP contribution >= 0.6 is 11.8 Å². The number of hydrogen-bond donors (Lipinski definition) is 2. The fraction of sp³-hybridized carbons (Fsp3) is 0.250. The maximum atomic E-state index is 11.6. The Kier molecular flexibility index (Phi) is 5.93. The number of carbonyl (C=O) groups excluding carboxylic acids is 1. The molecule has 1 rings (SSSR count). The van der Waals surface area contributed by atoms with Crippen LogP contribution in [0, 0.1) is 0 Å². The molecule has 6 heteroatoms. The van der Waals surface area contributed by atoms with Gasteiger partial charge in [-0.25, -0.2) is 4.79 Å². The third kappa shape index (κ3) is 5.01. The standard InChI is InChI=1S/C12H14N2O3S/c1-2-3-10(12(16)17)14-11(15)8-18-9-4-6-13-7-5-9/h2,4-7,10H,1,3,8H2,(H,14,15)(H,16,17). The highest BCUT2D eigenvalue weighted by molar-refractivity contribution is 8.00. The van der Waals surface area contributed by atoms with Crippen LogP contribution in [-0.4, -0.2) is 33.8 Å². The number of hydrogen-bond acceptors (Lipinski definition) is 4. The molecule has 0 aromatic carbocycles. The van der Waals surface area contributed by atoms with Crippen LogP contribution in [0.25, 0.3) is 0 Å². The van der Waals surface area contributed by atoms with Gasteiger partial charge in [-0.2, -0.15) is 0 Å². The summed E-state index contributed by atoms with van der Waals surface area (Å²) in [4.78, 5) is 27.2. The maximum absolute atomic E-state index is 11.6. The van der Waals surface area contributed by atoms with Gasteiger partial charge in [0.15, 0.2) is 0 Å². The van der Waals surface area contributed by atoms with Crippen molar-refractivity contribution >= 4 is 23.6 Å². The molecule has 0 aliphatic heterocycles. The number of pyridine rings is 1. The number of nitrogens with zero attached hydrogens (tertiary/aromatic N) is 1. The number of thioether (sulfide) groups is 1. The van der Waals surface area contributed by atoms with Crippen LogP contribution in [0.15, 0.2) is 42.1 Å². The quantitative estimate of drug-likeness (QED) is 0.575. The summed E-state index contributed by atoms with van der Waals surface area (Å²) in [6.07, 6.45) is 4.95. The first-order valence-corrected chi connectivity index (χ1v) is 6.28. The molecule has 1 atom stereocenters. The van der Waals surface area contributed by atoms with Crippen molar-refractivity contribution in [3.05, 3.63) is 37.2 Å². The molecule has 0 radical (unpaired) electrons. The van der Waals surface area contributed by atoms with Crippen molar-refractivity contribution in [1.82, 2.24) is 10.3 Å². The van der Waals surface area contributed by atoms with Crippen LogP contribution < -0.4 is 5.32 Å². The Morgan fingerprint density at radius 3 is 2.72 bits per heavy atom. The molecule has 0 saturated carbocycles. The van der Waals surface area contributed by atoms with E-state index in [-0.39, 0.29) is 18.1 Å². The minimum Gasteiger partial charge on any atom is -0.480 e. The van der Waals surface area contributed by atoms with Crippen molar-refractivity contribution in [2.75, 3.05) is 5.75 Å². The number of nitrogens with one attached hydrogen (secondary N) is 1. The monoisotopic (exact) mass is 266 g/mol. The zero-order valence-electron chi connectivity index (χ0n) is 9.70. The molecule has 1 heterocycles. The van der Waals surface area contributed by atoms with Gasteiger partial charge >= 0.3 is 5.97 Å². The SMILES string of the molecule is C=CCC(NC(=O)CSc1ccncc1)C(=O)O. The summed E-state index contributed by atoms with van der Waals surface area (Å²) in [7, 11) is 0. The predicted octanol–water partition coefficient (Wildman–Crippen LogP) is 1.32. The summed E-state index contributed by atoms with van der Waals surface area (Å²) >= 11 is 1.33. The van der Waals surface area contributed by atoms with Gasteiger partial charge in [0.1, 0.15) is 6.04 Å². The summed E-state index contributed by atoms with van der Waals surface area (Å²) in [5.41, 5.74) is 0. The highest BCUT2D eigenvalue weighted by Gasteiger charge is 2.17. The third-order valence-corrected chi connectivity index (χ3v) is 3.07. The second-order valence-electron chi connectivity index (χ2n) is 3.45. The van der Waals surface area contributed by atoms with Gasteiger partial charge in [0.05, 0.1) is 5.75 Å². The molecular weight excluding hydrogens is 252 g/mol. The number of aromatic nitrogens is 1. The minimum atomic E-state index is -1.06. The van der Waals surface area contributed by atoms with E-state index in [1.807, 2.05) is 0 Å². The summed E-state index contributed by atoms with van der Waals surface area (Å²) in [6, 6.07) is 2.67. The van der Waals surface area contributed by atoms with E-state index in [4.69, 9.17) is 5.11 Å². The van der Waals surface area contributed by atoms with Gasteiger partial charge in [0.2, 0.25) is 5.91 Å². The molecule has 1 aromatic rings. The molecule has 0 fully saturated rings. The van der Waals surface area contributed by atoms with Gasteiger partial charge < -0.3 is 10.4 Å². The van der Waals surface area contributed by atoms with Gasteiger partial charge in [-0.3, -0.25) is 9.78 Å². The van der Waals surface area contributed by atoms with Crippen molar-refractivity contribution in [1.29, 1.82) is 0 Å². The molecule has 0 aliphatic rings. The van der Waals surface area contributed by atoms with Gasteiger partial charge in [-0.05, 0) is 18.6 Å². The normalized spacial score (nSPS) is 11.6. The minimum absolute atomic E-state index is 0.172. The molecule has 5 nitrogen and oxygen atoms in total. The number of aliphatic carboxylic acids is 1. The molecule has 1 aromatic heterocycles. The Hall–Kier alpha value is -1.82. The largest absolute Gasteiger partial charge is 0.480 e. The van der Waals surface area contributed by atoms with E-state index in [2.05, 4.69) is 16.9 Å². The molecule has 1 amide bonds. The van der Waals surface area contributed by atoms with Crippen molar-refractivity contribution in [2.45, 2.75) is 17.4 Å². The first-order chi connectivity index (χ1) is 8.63. The molecule has 2 N–H and O–H groups in total. The summed E-state index contributed by atoms with van der Waals surface area (Å²) in [5.74, 6) is -1.20. The van der Waals surface area contributed by atoms with Crippen molar-refractivity contribution in [3.8, 4) is 0 Å². The van der Waals surface area contributed by atoms with Crippen LogP contribution in [0.3, 0.4) is 0 Å². The molecule has 0 spiro atoms. The number of carbonyl (C=O) groups is 2. The first kappa shape index (κ1) is 14.2. The van der Waals surface area contributed by atoms with Crippen molar-refractivity contribution in [2.24, 2.45) is 0 Å². The highest BCUT2D eigenvalue weighted by atomic mass is 32.2. The molecule has 0 aliphatic carbocycles. The second-order valence-corrected chi connectivity index (χ2v) is 4.50. The van der Waals surface area contributed by atoms with Gasteiger partial charge in [-0.1, -0.05) is 6.08 Å². The van der Waals surface area contributed by atoms with E-state index in [0.29, 0.717) is 0 Å². The van der Waals surface area contributed by atoms with Crippen LogP contribution in [0.1, 0.15) is 6.42 Å². The fourth-order valence-corrected chi connectivity index (χ4v) is 1.90. The lowest BCUT2D eigenvalue weighted by molar-refractivity contribution is -0.141. The summed E-state index contributed by atoms with van der Waals surface area (Å²) < 4.78 is 0. The maximum Gasteiger partial charge on any atom is 0.326 e. The molecule has 18 heavy (non-hydrogen) atoms. The Bertz CT molecular complexity index is 423. The van der Waals surface area contributed by atoms with Crippen LogP contribution in [0.2, 0.25) is 0 Å². The summed E-state index contributed by atoms with van der Waals surface area (Å²) in [5, 5.41) is 11.3. The Morgan fingerprint density at radius 1 is 1.50 bits per heavy atom. The first-order valence-electron chi connectivity index (χ1n) is 5.29. The fourth-order valence-electron chi connectivity index (χ4n) is 1.21. The number of amides is 1. The van der Waals surface area contributed by atoms with Crippen molar-refractivity contribution < 1.29 is 14.7 Å². The third-order valence-electron chi connectivity index (χ3n) is 2.06. The Morgan fingerprint density at radius 2 is 2.17 bits per heavy atom. The van der Waals surface area contributed by atoms with E-state index < -0.39 is 12.0 Å². The zero-order valence-corrected chi connectivity index (χ0v) is 10.5. The lowest BCUT2D eigenvalue weighted by Crippen LogP contribution is -2.41. The lowest BCUT2D eigenvalue weighted by Gasteiger charge is -2.12. The molecule has 0 saturated heterocycles.